The Labute approximate surface area is 95.4 Å². The largest absolute Gasteiger partial charge is 0.480 e. The lowest BCUT2D eigenvalue weighted by molar-refractivity contribution is -0.150. The van der Waals surface area contributed by atoms with Gasteiger partial charge in [-0.2, -0.15) is 0 Å². The molecule has 1 fully saturated rings. The van der Waals surface area contributed by atoms with Gasteiger partial charge in [0.05, 0.1) is 0 Å². The van der Waals surface area contributed by atoms with Crippen LogP contribution in [0.15, 0.2) is 0 Å². The minimum absolute atomic E-state index is 0.181. The number of rotatable bonds is 5. The zero-order valence-corrected chi connectivity index (χ0v) is 9.81. The molecule has 1 amide bonds. The van der Waals surface area contributed by atoms with Gasteiger partial charge < -0.3 is 14.7 Å². The highest BCUT2D eigenvalue weighted by molar-refractivity contribution is 5.85. The molecule has 92 valence electrons. The summed E-state index contributed by atoms with van der Waals surface area (Å²) in [5.41, 5.74) is 0. The molecule has 0 aliphatic carbocycles. The third-order valence-corrected chi connectivity index (χ3v) is 2.76. The molecule has 0 radical (unpaired) electrons. The standard InChI is InChI=1S/C11H19NO4/c1-3-5-12(7-9(13)14)11(15)10-8(2)4-6-16-10/h8,10H,3-7H2,1-2H3,(H,13,14). The highest BCUT2D eigenvalue weighted by Gasteiger charge is 2.34. The van der Waals surface area contributed by atoms with E-state index in [2.05, 4.69) is 0 Å². The molecule has 0 aromatic rings. The molecule has 1 rings (SSSR count). The molecule has 1 saturated heterocycles. The average Bonchev–Trinajstić information content (AvgIpc) is 2.62. The second-order valence-corrected chi connectivity index (χ2v) is 4.21. The van der Waals surface area contributed by atoms with E-state index in [1.165, 1.54) is 4.90 Å². The lowest BCUT2D eigenvalue weighted by Gasteiger charge is -2.24. The highest BCUT2D eigenvalue weighted by atomic mass is 16.5. The monoisotopic (exact) mass is 229 g/mol. The van der Waals surface area contributed by atoms with Gasteiger partial charge in [0.15, 0.2) is 0 Å². The molecule has 0 spiro atoms. The van der Waals surface area contributed by atoms with Crippen molar-refractivity contribution in [2.75, 3.05) is 19.7 Å². The molecule has 2 unspecified atom stereocenters. The first-order valence-electron chi connectivity index (χ1n) is 5.68. The van der Waals surface area contributed by atoms with Gasteiger partial charge in [-0.1, -0.05) is 13.8 Å². The van der Waals surface area contributed by atoms with E-state index in [4.69, 9.17) is 9.84 Å². The third-order valence-electron chi connectivity index (χ3n) is 2.76. The molecule has 1 aliphatic heterocycles. The smallest absolute Gasteiger partial charge is 0.323 e. The van der Waals surface area contributed by atoms with E-state index in [1.807, 2.05) is 13.8 Å². The number of carboxylic acids is 1. The molecule has 1 heterocycles. The van der Waals surface area contributed by atoms with Gasteiger partial charge in [0.2, 0.25) is 0 Å². The molecule has 5 heteroatoms. The number of carbonyl (C=O) groups excluding carboxylic acids is 1. The minimum Gasteiger partial charge on any atom is -0.480 e. The van der Waals surface area contributed by atoms with Crippen molar-refractivity contribution in [3.8, 4) is 0 Å². The molecule has 16 heavy (non-hydrogen) atoms. The molecule has 2 atom stereocenters. The van der Waals surface area contributed by atoms with Crippen LogP contribution in [-0.2, 0) is 14.3 Å². The maximum atomic E-state index is 12.0. The summed E-state index contributed by atoms with van der Waals surface area (Å²) < 4.78 is 5.35. The number of hydrogen-bond acceptors (Lipinski definition) is 3. The summed E-state index contributed by atoms with van der Waals surface area (Å²) in [5, 5.41) is 8.73. The van der Waals surface area contributed by atoms with Crippen LogP contribution in [-0.4, -0.2) is 47.7 Å². The fourth-order valence-electron chi connectivity index (χ4n) is 1.89. The van der Waals surface area contributed by atoms with Gasteiger partial charge >= 0.3 is 5.97 Å². The molecular formula is C11H19NO4. The Morgan fingerprint density at radius 1 is 1.50 bits per heavy atom. The van der Waals surface area contributed by atoms with E-state index < -0.39 is 12.1 Å². The average molecular weight is 229 g/mol. The lowest BCUT2D eigenvalue weighted by atomic mass is 10.0. The van der Waals surface area contributed by atoms with Crippen molar-refractivity contribution < 1.29 is 19.4 Å². The Morgan fingerprint density at radius 2 is 2.19 bits per heavy atom. The van der Waals surface area contributed by atoms with Crippen LogP contribution in [0.1, 0.15) is 26.7 Å². The summed E-state index contributed by atoms with van der Waals surface area (Å²) in [5.74, 6) is -0.984. The Morgan fingerprint density at radius 3 is 2.62 bits per heavy atom. The zero-order chi connectivity index (χ0) is 12.1. The summed E-state index contributed by atoms with van der Waals surface area (Å²) in [7, 11) is 0. The van der Waals surface area contributed by atoms with Gasteiger partial charge in [-0.15, -0.1) is 0 Å². The number of carboxylic acid groups (broad SMARTS) is 1. The SMILES string of the molecule is CCCN(CC(=O)O)C(=O)C1OCCC1C. The van der Waals surface area contributed by atoms with E-state index in [1.54, 1.807) is 0 Å². The van der Waals surface area contributed by atoms with Crippen LogP contribution in [0.2, 0.25) is 0 Å². The second-order valence-electron chi connectivity index (χ2n) is 4.21. The van der Waals surface area contributed by atoms with Crippen LogP contribution in [0, 0.1) is 5.92 Å². The predicted octanol–water partition coefficient (Wildman–Crippen LogP) is 0.735. The van der Waals surface area contributed by atoms with Crippen LogP contribution in [0.5, 0.6) is 0 Å². The first-order chi connectivity index (χ1) is 7.56. The third kappa shape index (κ3) is 3.20. The number of nitrogens with zero attached hydrogens (tertiary/aromatic N) is 1. The van der Waals surface area contributed by atoms with Crippen LogP contribution >= 0.6 is 0 Å². The number of aliphatic carboxylic acids is 1. The summed E-state index contributed by atoms with van der Waals surface area (Å²) in [6.07, 6.45) is 1.16. The van der Waals surface area contributed by atoms with Gasteiger partial charge in [0.1, 0.15) is 12.6 Å². The van der Waals surface area contributed by atoms with E-state index in [0.29, 0.717) is 13.2 Å². The maximum Gasteiger partial charge on any atom is 0.323 e. The lowest BCUT2D eigenvalue weighted by Crippen LogP contribution is -2.44. The topological polar surface area (TPSA) is 66.8 Å². The number of ether oxygens (including phenoxy) is 1. The van der Waals surface area contributed by atoms with Gasteiger partial charge in [-0.25, -0.2) is 0 Å². The second kappa shape index (κ2) is 5.84. The van der Waals surface area contributed by atoms with Crippen molar-refractivity contribution in [2.24, 2.45) is 5.92 Å². The van der Waals surface area contributed by atoms with Crippen molar-refractivity contribution in [1.29, 1.82) is 0 Å². The Hall–Kier alpha value is -1.10. The van der Waals surface area contributed by atoms with Crippen LogP contribution < -0.4 is 0 Å². The molecule has 1 aliphatic rings. The molecular weight excluding hydrogens is 210 g/mol. The normalized spacial score (nSPS) is 24.4. The fraction of sp³-hybridized carbons (Fsp3) is 0.818. The first-order valence-corrected chi connectivity index (χ1v) is 5.68. The van der Waals surface area contributed by atoms with E-state index in [9.17, 15) is 9.59 Å². The first kappa shape index (κ1) is 13.0. The van der Waals surface area contributed by atoms with Crippen molar-refractivity contribution in [3.05, 3.63) is 0 Å². The number of carbonyl (C=O) groups is 2. The fourth-order valence-corrected chi connectivity index (χ4v) is 1.89. The van der Waals surface area contributed by atoms with Crippen molar-refractivity contribution in [2.45, 2.75) is 32.8 Å². The van der Waals surface area contributed by atoms with Gasteiger partial charge in [0, 0.05) is 13.2 Å². The Kier molecular flexibility index (Phi) is 4.73. The van der Waals surface area contributed by atoms with Crippen molar-refractivity contribution >= 4 is 11.9 Å². The van der Waals surface area contributed by atoms with Crippen LogP contribution in [0.4, 0.5) is 0 Å². The highest BCUT2D eigenvalue weighted by Crippen LogP contribution is 2.21. The van der Waals surface area contributed by atoms with E-state index in [-0.39, 0.29) is 18.4 Å². The van der Waals surface area contributed by atoms with Crippen molar-refractivity contribution in [3.63, 3.8) is 0 Å². The Bertz CT molecular complexity index is 267. The predicted molar refractivity (Wildman–Crippen MR) is 58.0 cm³/mol. The maximum absolute atomic E-state index is 12.0. The quantitative estimate of drug-likeness (QED) is 0.755. The molecule has 0 bridgehead atoms. The zero-order valence-electron chi connectivity index (χ0n) is 9.81. The van der Waals surface area contributed by atoms with Crippen LogP contribution in [0.3, 0.4) is 0 Å². The molecule has 5 nitrogen and oxygen atoms in total. The molecule has 0 saturated carbocycles. The Balaban J connectivity index is 2.62. The van der Waals surface area contributed by atoms with E-state index >= 15 is 0 Å². The summed E-state index contributed by atoms with van der Waals surface area (Å²) in [6, 6.07) is 0. The molecule has 1 N–H and O–H groups in total. The number of hydrogen-bond donors (Lipinski definition) is 1. The molecule has 0 aromatic heterocycles. The molecule has 0 aromatic carbocycles. The summed E-state index contributed by atoms with van der Waals surface area (Å²) >= 11 is 0. The van der Waals surface area contributed by atoms with Crippen LogP contribution in [0.25, 0.3) is 0 Å². The minimum atomic E-state index is -0.979. The van der Waals surface area contributed by atoms with Gasteiger partial charge in [0.25, 0.3) is 5.91 Å². The van der Waals surface area contributed by atoms with Crippen molar-refractivity contribution in [1.82, 2.24) is 4.90 Å². The van der Waals surface area contributed by atoms with Gasteiger partial charge in [-0.05, 0) is 18.8 Å². The van der Waals surface area contributed by atoms with Gasteiger partial charge in [-0.3, -0.25) is 9.59 Å². The number of amides is 1. The summed E-state index contributed by atoms with van der Waals surface area (Å²) in [6.45, 7) is 4.70. The van der Waals surface area contributed by atoms with E-state index in [0.717, 1.165) is 12.8 Å². The summed E-state index contributed by atoms with van der Waals surface area (Å²) in [4.78, 5) is 24.0.